The average Bonchev–Trinajstić information content (AvgIpc) is 2.59. The van der Waals surface area contributed by atoms with E-state index in [9.17, 15) is 0 Å². The topological polar surface area (TPSA) is 12.9 Å². The molecule has 0 N–H and O–H groups in total. The van der Waals surface area contributed by atoms with Gasteiger partial charge in [-0.05, 0) is 48.3 Å². The predicted octanol–water partition coefficient (Wildman–Crippen LogP) is 4.06. The SMILES string of the molecule is CC1(C)CCCC1C(Cl)Cc1ccncc1. The molecule has 2 heteroatoms. The van der Waals surface area contributed by atoms with E-state index >= 15 is 0 Å². The molecule has 0 amide bonds. The lowest BCUT2D eigenvalue weighted by Crippen LogP contribution is -2.27. The summed E-state index contributed by atoms with van der Waals surface area (Å²) < 4.78 is 0. The molecule has 0 saturated heterocycles. The molecule has 88 valence electrons. The van der Waals surface area contributed by atoms with Gasteiger partial charge in [-0.15, -0.1) is 11.6 Å². The molecule has 1 aromatic rings. The highest BCUT2D eigenvalue weighted by molar-refractivity contribution is 6.21. The van der Waals surface area contributed by atoms with Gasteiger partial charge in [0.15, 0.2) is 0 Å². The van der Waals surface area contributed by atoms with Crippen LogP contribution >= 0.6 is 11.6 Å². The van der Waals surface area contributed by atoms with Crippen LogP contribution in [0, 0.1) is 11.3 Å². The Labute approximate surface area is 103 Å². The molecule has 2 rings (SSSR count). The first-order valence-electron chi connectivity index (χ1n) is 6.12. The Morgan fingerprint density at radius 1 is 1.44 bits per heavy atom. The van der Waals surface area contributed by atoms with Gasteiger partial charge in [0.25, 0.3) is 0 Å². The summed E-state index contributed by atoms with van der Waals surface area (Å²) in [5, 5.41) is 0.264. The van der Waals surface area contributed by atoms with Crippen LogP contribution in [0.3, 0.4) is 0 Å². The zero-order chi connectivity index (χ0) is 11.6. The lowest BCUT2D eigenvalue weighted by molar-refractivity contribution is 0.250. The summed E-state index contributed by atoms with van der Waals surface area (Å²) in [4.78, 5) is 4.04. The first-order valence-corrected chi connectivity index (χ1v) is 6.56. The fraction of sp³-hybridized carbons (Fsp3) is 0.643. The maximum atomic E-state index is 6.59. The molecule has 0 aliphatic heterocycles. The second-order valence-electron chi connectivity index (χ2n) is 5.56. The van der Waals surface area contributed by atoms with Crippen LogP contribution in [0.2, 0.25) is 0 Å². The molecule has 1 aliphatic rings. The van der Waals surface area contributed by atoms with Gasteiger partial charge in [-0.25, -0.2) is 0 Å². The third kappa shape index (κ3) is 2.57. The van der Waals surface area contributed by atoms with Crippen molar-refractivity contribution >= 4 is 11.6 Å². The van der Waals surface area contributed by atoms with E-state index in [4.69, 9.17) is 11.6 Å². The third-order valence-electron chi connectivity index (χ3n) is 3.96. The average molecular weight is 238 g/mol. The minimum atomic E-state index is 0.264. The minimum Gasteiger partial charge on any atom is -0.265 e. The number of rotatable bonds is 3. The molecule has 2 atom stereocenters. The van der Waals surface area contributed by atoms with Crippen LogP contribution < -0.4 is 0 Å². The third-order valence-corrected chi connectivity index (χ3v) is 4.42. The Morgan fingerprint density at radius 2 is 2.12 bits per heavy atom. The monoisotopic (exact) mass is 237 g/mol. The van der Waals surface area contributed by atoms with E-state index in [0.717, 1.165) is 6.42 Å². The molecule has 1 heterocycles. The number of alkyl halides is 1. The quantitative estimate of drug-likeness (QED) is 0.723. The molecular formula is C14H20ClN. The molecule has 2 unspecified atom stereocenters. The predicted molar refractivity (Wildman–Crippen MR) is 68.7 cm³/mol. The van der Waals surface area contributed by atoms with Crippen molar-refractivity contribution in [1.29, 1.82) is 0 Å². The van der Waals surface area contributed by atoms with Crippen LogP contribution in [0.1, 0.15) is 38.7 Å². The van der Waals surface area contributed by atoms with Crippen molar-refractivity contribution in [3.63, 3.8) is 0 Å². The molecule has 1 nitrogen and oxygen atoms in total. The van der Waals surface area contributed by atoms with Crippen LogP contribution in [0.25, 0.3) is 0 Å². The molecule has 1 saturated carbocycles. The van der Waals surface area contributed by atoms with Crippen molar-refractivity contribution in [3.8, 4) is 0 Å². The molecule has 1 aromatic heterocycles. The summed E-state index contributed by atoms with van der Waals surface area (Å²) in [6, 6.07) is 4.13. The van der Waals surface area contributed by atoms with Gasteiger partial charge >= 0.3 is 0 Å². The largest absolute Gasteiger partial charge is 0.265 e. The van der Waals surface area contributed by atoms with E-state index < -0.39 is 0 Å². The summed E-state index contributed by atoms with van der Waals surface area (Å²) in [6.45, 7) is 4.71. The normalized spacial score (nSPS) is 25.6. The lowest BCUT2D eigenvalue weighted by Gasteiger charge is -2.30. The van der Waals surface area contributed by atoms with Crippen LogP contribution in [-0.2, 0) is 6.42 Å². The highest BCUT2D eigenvalue weighted by atomic mass is 35.5. The van der Waals surface area contributed by atoms with Gasteiger partial charge in [0.2, 0.25) is 0 Å². The fourth-order valence-corrected chi connectivity index (χ4v) is 3.56. The lowest BCUT2D eigenvalue weighted by atomic mass is 9.78. The van der Waals surface area contributed by atoms with Gasteiger partial charge in [-0.3, -0.25) is 4.98 Å². The zero-order valence-electron chi connectivity index (χ0n) is 10.1. The molecule has 16 heavy (non-hydrogen) atoms. The second-order valence-corrected chi connectivity index (χ2v) is 6.12. The van der Waals surface area contributed by atoms with Crippen molar-refractivity contribution in [3.05, 3.63) is 30.1 Å². The Kier molecular flexibility index (Phi) is 3.53. The molecule has 1 fully saturated rings. The summed E-state index contributed by atoms with van der Waals surface area (Å²) in [6.07, 6.45) is 8.59. The number of nitrogens with zero attached hydrogens (tertiary/aromatic N) is 1. The standard InChI is InChI=1S/C14H20ClN/c1-14(2)7-3-4-12(14)13(15)10-11-5-8-16-9-6-11/h5-6,8-9,12-13H,3-4,7,10H2,1-2H3. The Hall–Kier alpha value is -0.560. The van der Waals surface area contributed by atoms with E-state index in [-0.39, 0.29) is 5.38 Å². The second kappa shape index (κ2) is 4.75. The van der Waals surface area contributed by atoms with Crippen LogP contribution in [0.15, 0.2) is 24.5 Å². The summed E-state index contributed by atoms with van der Waals surface area (Å²) >= 11 is 6.59. The van der Waals surface area contributed by atoms with E-state index in [0.29, 0.717) is 11.3 Å². The maximum Gasteiger partial charge on any atom is 0.0409 e. The van der Waals surface area contributed by atoms with Gasteiger partial charge in [0.1, 0.15) is 0 Å². The van der Waals surface area contributed by atoms with Gasteiger partial charge in [0.05, 0.1) is 0 Å². The Morgan fingerprint density at radius 3 is 2.69 bits per heavy atom. The van der Waals surface area contributed by atoms with E-state index in [1.54, 1.807) is 0 Å². The maximum absolute atomic E-state index is 6.59. The van der Waals surface area contributed by atoms with Crippen molar-refractivity contribution in [1.82, 2.24) is 4.98 Å². The Balaban J connectivity index is 2.01. The van der Waals surface area contributed by atoms with Gasteiger partial charge in [-0.1, -0.05) is 20.3 Å². The number of halogens is 1. The minimum absolute atomic E-state index is 0.264. The summed E-state index contributed by atoms with van der Waals surface area (Å²) in [5.74, 6) is 0.655. The molecule has 1 aliphatic carbocycles. The summed E-state index contributed by atoms with van der Waals surface area (Å²) in [5.41, 5.74) is 1.72. The van der Waals surface area contributed by atoms with Crippen molar-refractivity contribution < 1.29 is 0 Å². The van der Waals surface area contributed by atoms with Crippen LogP contribution in [0.4, 0.5) is 0 Å². The smallest absolute Gasteiger partial charge is 0.0409 e. The first kappa shape index (κ1) is 11.9. The summed E-state index contributed by atoms with van der Waals surface area (Å²) in [7, 11) is 0. The number of hydrogen-bond donors (Lipinski definition) is 0. The molecule has 0 spiro atoms. The van der Waals surface area contributed by atoms with Crippen LogP contribution in [-0.4, -0.2) is 10.4 Å². The highest BCUT2D eigenvalue weighted by Gasteiger charge is 2.38. The van der Waals surface area contributed by atoms with Gasteiger partial charge in [0, 0.05) is 17.8 Å². The number of hydrogen-bond acceptors (Lipinski definition) is 1. The molecule has 0 radical (unpaired) electrons. The number of pyridine rings is 1. The zero-order valence-corrected chi connectivity index (χ0v) is 10.9. The highest BCUT2D eigenvalue weighted by Crippen LogP contribution is 2.46. The first-order chi connectivity index (χ1) is 7.59. The van der Waals surface area contributed by atoms with Gasteiger partial charge < -0.3 is 0 Å². The van der Waals surface area contributed by atoms with Crippen molar-refractivity contribution in [2.75, 3.05) is 0 Å². The van der Waals surface area contributed by atoms with E-state index in [1.807, 2.05) is 12.4 Å². The van der Waals surface area contributed by atoms with Crippen molar-refractivity contribution in [2.45, 2.75) is 44.9 Å². The van der Waals surface area contributed by atoms with E-state index in [2.05, 4.69) is 31.0 Å². The molecular weight excluding hydrogens is 218 g/mol. The van der Waals surface area contributed by atoms with Crippen molar-refractivity contribution in [2.24, 2.45) is 11.3 Å². The molecule has 0 aromatic carbocycles. The van der Waals surface area contributed by atoms with Crippen LogP contribution in [0.5, 0.6) is 0 Å². The number of aromatic nitrogens is 1. The fourth-order valence-electron chi connectivity index (χ4n) is 2.91. The Bertz CT molecular complexity index is 334. The van der Waals surface area contributed by atoms with E-state index in [1.165, 1.54) is 24.8 Å². The molecule has 0 bridgehead atoms. The van der Waals surface area contributed by atoms with Gasteiger partial charge in [-0.2, -0.15) is 0 Å².